The van der Waals surface area contributed by atoms with Crippen LogP contribution in [-0.4, -0.2) is 5.11 Å². The fourth-order valence-corrected chi connectivity index (χ4v) is 3.54. The van der Waals surface area contributed by atoms with Gasteiger partial charge in [-0.05, 0) is 73.6 Å². The van der Waals surface area contributed by atoms with Gasteiger partial charge in [-0.1, -0.05) is 42.5 Å². The van der Waals surface area contributed by atoms with Crippen LogP contribution in [0.4, 0.5) is 0 Å². The van der Waals surface area contributed by atoms with Crippen LogP contribution < -0.4 is 0 Å². The Bertz CT molecular complexity index is 536. The van der Waals surface area contributed by atoms with E-state index in [9.17, 15) is 5.11 Å². The van der Waals surface area contributed by atoms with Crippen molar-refractivity contribution in [2.45, 2.75) is 44.4 Å². The van der Waals surface area contributed by atoms with E-state index in [0.717, 1.165) is 18.3 Å². The van der Waals surface area contributed by atoms with Gasteiger partial charge in [-0.3, -0.25) is 0 Å². The summed E-state index contributed by atoms with van der Waals surface area (Å²) in [5, 5.41) is 9.31. The summed E-state index contributed by atoms with van der Waals surface area (Å²) in [6.07, 6.45) is 7.82. The monoisotopic (exact) mass is 280 g/mol. The Morgan fingerprint density at radius 1 is 0.810 bits per heavy atom. The molecule has 1 saturated carbocycles. The van der Waals surface area contributed by atoms with Crippen molar-refractivity contribution in [3.8, 4) is 5.75 Å². The first-order valence-electron chi connectivity index (χ1n) is 8.14. The van der Waals surface area contributed by atoms with Crippen LogP contribution in [0.25, 0.3) is 0 Å². The molecule has 0 atom stereocenters. The van der Waals surface area contributed by atoms with E-state index in [1.807, 2.05) is 12.1 Å². The van der Waals surface area contributed by atoms with Gasteiger partial charge in [-0.25, -0.2) is 0 Å². The first-order chi connectivity index (χ1) is 10.3. The molecule has 21 heavy (non-hydrogen) atoms. The van der Waals surface area contributed by atoms with Crippen molar-refractivity contribution in [1.29, 1.82) is 0 Å². The van der Waals surface area contributed by atoms with Crippen LogP contribution in [0, 0.1) is 5.92 Å². The summed E-state index contributed by atoms with van der Waals surface area (Å²) in [5.74, 6) is 2.01. The Kier molecular flexibility index (Phi) is 4.59. The van der Waals surface area contributed by atoms with E-state index >= 15 is 0 Å². The second-order valence-electron chi connectivity index (χ2n) is 6.33. The minimum absolute atomic E-state index is 0.363. The molecule has 0 saturated heterocycles. The zero-order valence-corrected chi connectivity index (χ0v) is 12.5. The first kappa shape index (κ1) is 14.2. The molecule has 1 fully saturated rings. The molecule has 0 bridgehead atoms. The van der Waals surface area contributed by atoms with Crippen LogP contribution in [-0.2, 0) is 6.42 Å². The summed E-state index contributed by atoms with van der Waals surface area (Å²) in [7, 11) is 0. The molecule has 1 N–H and O–H groups in total. The Morgan fingerprint density at radius 3 is 2.14 bits per heavy atom. The van der Waals surface area contributed by atoms with Crippen molar-refractivity contribution in [3.63, 3.8) is 0 Å². The van der Waals surface area contributed by atoms with Gasteiger partial charge >= 0.3 is 0 Å². The van der Waals surface area contributed by atoms with E-state index in [1.54, 1.807) is 12.1 Å². The van der Waals surface area contributed by atoms with Gasteiger partial charge in [0.25, 0.3) is 0 Å². The van der Waals surface area contributed by atoms with E-state index in [0.29, 0.717) is 5.75 Å². The van der Waals surface area contributed by atoms with Gasteiger partial charge in [0.1, 0.15) is 5.75 Å². The zero-order chi connectivity index (χ0) is 14.5. The number of phenolic OH excluding ortho intramolecular Hbond substituents is 1. The summed E-state index contributed by atoms with van der Waals surface area (Å²) in [6, 6.07) is 18.7. The van der Waals surface area contributed by atoms with Gasteiger partial charge < -0.3 is 5.11 Å². The van der Waals surface area contributed by atoms with Crippen LogP contribution >= 0.6 is 0 Å². The topological polar surface area (TPSA) is 20.2 Å². The largest absolute Gasteiger partial charge is 0.508 e. The van der Waals surface area contributed by atoms with E-state index < -0.39 is 0 Å². The highest BCUT2D eigenvalue weighted by molar-refractivity contribution is 5.26. The molecule has 0 spiro atoms. The Labute approximate surface area is 127 Å². The average molecular weight is 280 g/mol. The third-order valence-electron chi connectivity index (χ3n) is 4.90. The summed E-state index contributed by atoms with van der Waals surface area (Å²) >= 11 is 0. The number of hydrogen-bond donors (Lipinski definition) is 1. The highest BCUT2D eigenvalue weighted by Gasteiger charge is 2.21. The van der Waals surface area contributed by atoms with Crippen LogP contribution in [0.15, 0.2) is 54.6 Å². The van der Waals surface area contributed by atoms with Crippen molar-refractivity contribution in [2.24, 2.45) is 5.92 Å². The molecule has 0 radical (unpaired) electrons. The van der Waals surface area contributed by atoms with E-state index in [-0.39, 0.29) is 0 Å². The fourth-order valence-electron chi connectivity index (χ4n) is 3.54. The third-order valence-corrected chi connectivity index (χ3v) is 4.90. The third kappa shape index (κ3) is 3.87. The molecule has 2 aromatic carbocycles. The lowest BCUT2D eigenvalue weighted by Gasteiger charge is -2.28. The highest BCUT2D eigenvalue weighted by Crippen LogP contribution is 2.37. The molecule has 0 aliphatic heterocycles. The van der Waals surface area contributed by atoms with Crippen molar-refractivity contribution in [2.75, 3.05) is 0 Å². The van der Waals surface area contributed by atoms with E-state index in [2.05, 4.69) is 30.3 Å². The first-order valence-corrected chi connectivity index (χ1v) is 8.14. The summed E-state index contributed by atoms with van der Waals surface area (Å²) in [4.78, 5) is 0. The molecule has 2 aromatic rings. The van der Waals surface area contributed by atoms with Gasteiger partial charge in [0.2, 0.25) is 0 Å². The quantitative estimate of drug-likeness (QED) is 0.805. The molecule has 0 heterocycles. The molecule has 3 rings (SSSR count). The lowest BCUT2D eigenvalue weighted by atomic mass is 9.77. The lowest BCUT2D eigenvalue weighted by Crippen LogP contribution is -2.14. The van der Waals surface area contributed by atoms with Gasteiger partial charge in [-0.2, -0.15) is 0 Å². The Balaban J connectivity index is 1.47. The number of phenols is 1. The highest BCUT2D eigenvalue weighted by atomic mass is 16.3. The van der Waals surface area contributed by atoms with Crippen LogP contribution in [0.2, 0.25) is 0 Å². The Morgan fingerprint density at radius 2 is 1.48 bits per heavy atom. The van der Waals surface area contributed by atoms with Crippen LogP contribution in [0.1, 0.15) is 49.1 Å². The normalized spacial score (nSPS) is 22.1. The molecule has 1 nitrogen and oxygen atoms in total. The van der Waals surface area contributed by atoms with Crippen LogP contribution in [0.5, 0.6) is 5.75 Å². The van der Waals surface area contributed by atoms with Gasteiger partial charge in [-0.15, -0.1) is 0 Å². The number of aromatic hydroxyl groups is 1. The summed E-state index contributed by atoms with van der Waals surface area (Å²) in [5.41, 5.74) is 2.87. The van der Waals surface area contributed by atoms with Gasteiger partial charge in [0, 0.05) is 0 Å². The molecule has 0 unspecified atom stereocenters. The van der Waals surface area contributed by atoms with Crippen molar-refractivity contribution >= 4 is 0 Å². The number of aryl methyl sites for hydroxylation is 1. The average Bonchev–Trinajstić information content (AvgIpc) is 2.56. The molecule has 1 heteroatoms. The minimum atomic E-state index is 0.363. The molecule has 110 valence electrons. The molecule has 0 aromatic heterocycles. The molecule has 1 aliphatic carbocycles. The van der Waals surface area contributed by atoms with Crippen molar-refractivity contribution in [3.05, 3.63) is 65.7 Å². The van der Waals surface area contributed by atoms with Gasteiger partial charge in [0.15, 0.2) is 0 Å². The minimum Gasteiger partial charge on any atom is -0.508 e. The second-order valence-corrected chi connectivity index (χ2v) is 6.33. The maximum absolute atomic E-state index is 9.31. The predicted molar refractivity (Wildman–Crippen MR) is 87.6 cm³/mol. The second kappa shape index (κ2) is 6.80. The zero-order valence-electron chi connectivity index (χ0n) is 12.5. The van der Waals surface area contributed by atoms with Crippen molar-refractivity contribution in [1.82, 2.24) is 0 Å². The molecular weight excluding hydrogens is 256 g/mol. The maximum atomic E-state index is 9.31. The summed E-state index contributed by atoms with van der Waals surface area (Å²) < 4.78 is 0. The van der Waals surface area contributed by atoms with Gasteiger partial charge in [0.05, 0.1) is 0 Å². The molecule has 1 aliphatic rings. The SMILES string of the molecule is Oc1ccc(CCC2CCC(c3ccccc3)CC2)cc1. The van der Waals surface area contributed by atoms with Crippen LogP contribution in [0.3, 0.4) is 0 Å². The lowest BCUT2D eigenvalue weighted by molar-refractivity contribution is 0.310. The van der Waals surface area contributed by atoms with E-state index in [4.69, 9.17) is 0 Å². The summed E-state index contributed by atoms with van der Waals surface area (Å²) in [6.45, 7) is 0. The molecular formula is C20H24O. The predicted octanol–water partition coefficient (Wildman–Crippen LogP) is 5.30. The number of hydrogen-bond acceptors (Lipinski definition) is 1. The Hall–Kier alpha value is -1.76. The van der Waals surface area contributed by atoms with Crippen molar-refractivity contribution < 1.29 is 5.11 Å². The molecule has 0 amide bonds. The fraction of sp³-hybridized carbons (Fsp3) is 0.400. The standard InChI is InChI=1S/C20H24O/c21-20-14-10-17(11-15-20)7-6-16-8-12-19(13-9-16)18-4-2-1-3-5-18/h1-5,10-11,14-16,19,21H,6-9,12-13H2. The smallest absolute Gasteiger partial charge is 0.115 e. The maximum Gasteiger partial charge on any atom is 0.115 e. The number of benzene rings is 2. The van der Waals surface area contributed by atoms with E-state index in [1.165, 1.54) is 43.2 Å². The number of rotatable bonds is 4.